The van der Waals surface area contributed by atoms with Crippen LogP contribution in [0.2, 0.25) is 24.2 Å². The zero-order chi connectivity index (χ0) is 33.6. The van der Waals surface area contributed by atoms with Crippen LogP contribution in [0.4, 0.5) is 0 Å². The number of hydrogen-bond acceptors (Lipinski definition) is 7. The molecule has 0 unspecified atom stereocenters. The highest BCUT2D eigenvalue weighted by Gasteiger charge is 2.67. The van der Waals surface area contributed by atoms with E-state index in [2.05, 4.69) is 40.1 Å². The van der Waals surface area contributed by atoms with E-state index in [9.17, 15) is 9.90 Å². The molecule has 2 saturated carbocycles. The first kappa shape index (κ1) is 34.4. The summed E-state index contributed by atoms with van der Waals surface area (Å²) in [7, 11) is -0.0851. The first-order chi connectivity index (χ1) is 23.2. The number of nitrogens with zero attached hydrogens (tertiary/aromatic N) is 5. The minimum absolute atomic E-state index is 0.0172. The van der Waals surface area contributed by atoms with E-state index in [4.69, 9.17) is 9.47 Å². The molecule has 48 heavy (non-hydrogen) atoms. The molecule has 266 valence electrons. The highest BCUT2D eigenvalue weighted by Crippen LogP contribution is 2.61. The second-order valence-electron chi connectivity index (χ2n) is 16.5. The lowest BCUT2D eigenvalue weighted by atomic mass is 9.78. The number of aliphatic hydroxyl groups is 1. The number of methoxy groups -OCH3 is 1. The van der Waals surface area contributed by atoms with E-state index in [0.29, 0.717) is 54.4 Å². The van der Waals surface area contributed by atoms with Crippen LogP contribution in [-0.2, 0) is 32.0 Å². The first-order valence-electron chi connectivity index (χ1n) is 19.2. The number of aromatic nitrogens is 3. The van der Waals surface area contributed by atoms with E-state index in [0.717, 1.165) is 89.4 Å². The number of hydrogen-bond donors (Lipinski definition) is 1. The molecule has 1 spiro atoms. The number of allylic oxidation sites excluding steroid dienone is 1. The quantitative estimate of drug-likeness (QED) is 0.244. The van der Waals surface area contributed by atoms with Crippen LogP contribution < -0.4 is 0 Å². The maximum Gasteiger partial charge on any atom is 0.263 e. The SMILES string of the molecule is COC1CCC([Si](C)(C)[C@@H]2[C@@H](CCn3cc(CCO)nn3)O[C@]3(C(=O)N(CC4CCC(N5CCC5=O)CC4)C4=C3CCCC4)[C@H]2C)CC1. The van der Waals surface area contributed by atoms with Crippen LogP contribution in [0.25, 0.3) is 0 Å². The third kappa shape index (κ3) is 6.02. The van der Waals surface area contributed by atoms with Crippen LogP contribution in [0.1, 0.15) is 103 Å². The molecule has 10 nitrogen and oxygen atoms in total. The van der Waals surface area contributed by atoms with E-state index >= 15 is 4.79 Å². The van der Waals surface area contributed by atoms with Gasteiger partial charge in [0.25, 0.3) is 5.91 Å². The lowest BCUT2D eigenvalue weighted by Crippen LogP contribution is -2.52. The number of ether oxygens (including phenoxy) is 2. The van der Waals surface area contributed by atoms with Crippen molar-refractivity contribution < 1.29 is 24.2 Å². The van der Waals surface area contributed by atoms with Crippen LogP contribution in [0.15, 0.2) is 17.5 Å². The van der Waals surface area contributed by atoms with Gasteiger partial charge in [0.1, 0.15) is 0 Å². The number of amides is 2. The molecule has 1 N–H and O–H groups in total. The van der Waals surface area contributed by atoms with Crippen LogP contribution >= 0.6 is 0 Å². The molecule has 1 aromatic rings. The van der Waals surface area contributed by atoms with Gasteiger partial charge in [0.05, 0.1) is 26.0 Å². The summed E-state index contributed by atoms with van der Waals surface area (Å²) in [6.07, 6.45) is 17.4. The molecule has 4 atom stereocenters. The summed E-state index contributed by atoms with van der Waals surface area (Å²) in [5, 5.41) is 18.1. The largest absolute Gasteiger partial charge is 0.396 e. The number of likely N-dealkylation sites (tertiary alicyclic amines) is 1. The number of carbonyl (C=O) groups is 2. The van der Waals surface area contributed by atoms with Gasteiger partial charge in [0, 0.05) is 70.0 Å². The van der Waals surface area contributed by atoms with Gasteiger partial charge in [-0.2, -0.15) is 0 Å². The third-order valence-electron chi connectivity index (χ3n) is 13.8. The van der Waals surface area contributed by atoms with E-state index < -0.39 is 13.7 Å². The molecule has 3 aliphatic heterocycles. The summed E-state index contributed by atoms with van der Waals surface area (Å²) in [6, 6.07) is 0.392. The third-order valence-corrected chi connectivity index (χ3v) is 19.1. The summed E-state index contributed by atoms with van der Waals surface area (Å²) in [6.45, 7) is 10.0. The maximum absolute atomic E-state index is 15.1. The van der Waals surface area contributed by atoms with Gasteiger partial charge in [-0.15, -0.1) is 5.10 Å². The number of rotatable bonds is 11. The Morgan fingerprint density at radius 3 is 2.46 bits per heavy atom. The Morgan fingerprint density at radius 2 is 1.79 bits per heavy atom. The van der Waals surface area contributed by atoms with Crippen molar-refractivity contribution in [3.05, 3.63) is 23.2 Å². The molecule has 11 heteroatoms. The van der Waals surface area contributed by atoms with Crippen molar-refractivity contribution in [2.45, 2.75) is 158 Å². The fourth-order valence-corrected chi connectivity index (χ4v) is 16.1. The number of β-lactam (4-membered cyclic amide) rings is 1. The minimum Gasteiger partial charge on any atom is -0.396 e. The van der Waals surface area contributed by atoms with Gasteiger partial charge in [0.15, 0.2) is 5.60 Å². The Morgan fingerprint density at radius 1 is 1.04 bits per heavy atom. The van der Waals surface area contributed by atoms with Gasteiger partial charge in [-0.3, -0.25) is 14.3 Å². The molecule has 7 rings (SSSR count). The molecule has 4 fully saturated rings. The molecule has 6 aliphatic rings. The predicted molar refractivity (Wildman–Crippen MR) is 186 cm³/mol. The second kappa shape index (κ2) is 13.9. The Labute approximate surface area is 288 Å². The molecule has 0 radical (unpaired) electrons. The fraction of sp³-hybridized carbons (Fsp3) is 0.838. The van der Waals surface area contributed by atoms with E-state index in [-0.39, 0.29) is 24.5 Å². The number of aliphatic hydroxyl groups excluding tert-OH is 1. The highest BCUT2D eigenvalue weighted by molar-refractivity contribution is 6.80. The Balaban J connectivity index is 1.15. The Bertz CT molecular complexity index is 1370. The van der Waals surface area contributed by atoms with Gasteiger partial charge in [-0.1, -0.05) is 38.1 Å². The zero-order valence-electron chi connectivity index (χ0n) is 29.9. The number of carbonyl (C=O) groups excluding carboxylic acids is 2. The molecular formula is C37H59N5O5Si. The maximum atomic E-state index is 15.1. The molecule has 0 bridgehead atoms. The fourth-order valence-electron chi connectivity index (χ4n) is 11.0. The highest BCUT2D eigenvalue weighted by atomic mass is 28.3. The summed E-state index contributed by atoms with van der Waals surface area (Å²) >= 11 is 0. The average molecular weight is 682 g/mol. The van der Waals surface area contributed by atoms with Crippen molar-refractivity contribution in [1.82, 2.24) is 24.8 Å². The standard InChI is InChI=1S/C37H59N5O5Si/c1-25-35(48(3,4)30-15-13-29(46-2)14-16-30)33(17-20-40-24-27(19-22-43)38-39-40)47-37(25)31-7-5-6-8-32(31)42(36(37)45)23-26-9-11-28(12-10-26)41-21-18-34(41)44/h24-26,28-30,33,35,43H,5-23H2,1-4H3/t25-,26?,28?,29?,30?,33+,35-,37+/m0/s1. The van der Waals surface area contributed by atoms with Gasteiger partial charge >= 0.3 is 0 Å². The normalized spacial score (nSPS) is 35.9. The smallest absolute Gasteiger partial charge is 0.263 e. The van der Waals surface area contributed by atoms with Gasteiger partial charge in [-0.05, 0) is 93.2 Å². The van der Waals surface area contributed by atoms with Crippen molar-refractivity contribution in [1.29, 1.82) is 0 Å². The van der Waals surface area contributed by atoms with Gasteiger partial charge in [-0.25, -0.2) is 0 Å². The lowest BCUT2D eigenvalue weighted by molar-refractivity contribution is -0.150. The lowest BCUT2D eigenvalue weighted by Gasteiger charge is -2.45. The molecule has 1 aromatic heterocycles. The van der Waals surface area contributed by atoms with Gasteiger partial charge in [0.2, 0.25) is 5.91 Å². The van der Waals surface area contributed by atoms with E-state index in [1.165, 1.54) is 24.1 Å². The van der Waals surface area contributed by atoms with Crippen molar-refractivity contribution in [3.63, 3.8) is 0 Å². The molecular weight excluding hydrogens is 623 g/mol. The van der Waals surface area contributed by atoms with Crippen LogP contribution in [0.5, 0.6) is 0 Å². The number of aryl methyl sites for hydroxylation is 1. The first-order valence-corrected chi connectivity index (χ1v) is 22.4. The van der Waals surface area contributed by atoms with Crippen LogP contribution in [-0.4, -0.2) is 100 Å². The monoisotopic (exact) mass is 681 g/mol. The summed E-state index contributed by atoms with van der Waals surface area (Å²) in [5.74, 6) is 1.13. The van der Waals surface area contributed by atoms with E-state index in [1.54, 1.807) is 0 Å². The van der Waals surface area contributed by atoms with Crippen molar-refractivity contribution >= 4 is 19.9 Å². The zero-order valence-corrected chi connectivity index (χ0v) is 30.9. The minimum atomic E-state index is -1.93. The molecule has 0 aromatic carbocycles. The molecule has 2 saturated heterocycles. The number of fused-ring (bicyclic) bond motifs is 1. The summed E-state index contributed by atoms with van der Waals surface area (Å²) in [5.41, 5.74) is 3.57. The Hall–Kier alpha value is -2.08. The van der Waals surface area contributed by atoms with E-state index in [1.807, 2.05) is 18.0 Å². The molecule has 3 aliphatic carbocycles. The van der Waals surface area contributed by atoms with Crippen molar-refractivity contribution in [2.24, 2.45) is 11.8 Å². The summed E-state index contributed by atoms with van der Waals surface area (Å²) in [4.78, 5) is 31.5. The van der Waals surface area contributed by atoms with Gasteiger partial charge < -0.3 is 24.4 Å². The van der Waals surface area contributed by atoms with Crippen LogP contribution in [0.3, 0.4) is 0 Å². The second-order valence-corrected chi connectivity index (χ2v) is 21.7. The van der Waals surface area contributed by atoms with Crippen LogP contribution in [0, 0.1) is 11.8 Å². The summed E-state index contributed by atoms with van der Waals surface area (Å²) < 4.78 is 15.1. The van der Waals surface area contributed by atoms with Crippen molar-refractivity contribution in [3.8, 4) is 0 Å². The molecule has 4 heterocycles. The Kier molecular flexibility index (Phi) is 9.96. The molecule has 2 amide bonds. The van der Waals surface area contributed by atoms with Crippen molar-refractivity contribution in [2.75, 3.05) is 26.8 Å². The predicted octanol–water partition coefficient (Wildman–Crippen LogP) is 5.48. The topological polar surface area (TPSA) is 110 Å². The average Bonchev–Trinajstić information content (AvgIpc) is 3.74.